The highest BCUT2D eigenvalue weighted by Gasteiger charge is 2.16. The predicted molar refractivity (Wildman–Crippen MR) is 53.2 cm³/mol. The number of hydrogen-bond donors (Lipinski definition) is 1. The molecule has 1 aromatic carbocycles. The molecule has 7 heteroatoms. The summed E-state index contributed by atoms with van der Waals surface area (Å²) in [7, 11) is -3.82. The Bertz CT molecular complexity index is 446. The van der Waals surface area contributed by atoms with Gasteiger partial charge in [-0.3, -0.25) is 0 Å². The van der Waals surface area contributed by atoms with E-state index >= 15 is 0 Å². The second-order valence-electron chi connectivity index (χ2n) is 2.22. The zero-order chi connectivity index (χ0) is 10.2. The van der Waals surface area contributed by atoms with Crippen LogP contribution in [0.2, 0.25) is 0 Å². The first-order valence-electron chi connectivity index (χ1n) is 3.00. The Kier molecular flexibility index (Phi) is 3.11. The molecule has 0 radical (unpaired) electrons. The molecule has 0 aliphatic rings. The Labute approximate surface area is 91.4 Å². The van der Waals surface area contributed by atoms with Crippen LogP contribution in [0, 0.1) is 5.82 Å². The summed E-state index contributed by atoms with van der Waals surface area (Å²) >= 11 is 5.80. The third-order valence-electron chi connectivity index (χ3n) is 1.31. The third-order valence-corrected chi connectivity index (χ3v) is 4.65. The van der Waals surface area contributed by atoms with Gasteiger partial charge in [-0.05, 0) is 44.0 Å². The van der Waals surface area contributed by atoms with Crippen LogP contribution in [0.1, 0.15) is 0 Å². The van der Waals surface area contributed by atoms with Crippen molar-refractivity contribution in [1.29, 1.82) is 0 Å². The SMILES string of the molecule is NS(=O)(=O)c1ccc(F)c(Br)c1Br. The van der Waals surface area contributed by atoms with Crippen molar-refractivity contribution in [2.24, 2.45) is 5.14 Å². The zero-order valence-corrected chi connectivity index (χ0v) is 10.1. The molecule has 3 nitrogen and oxygen atoms in total. The van der Waals surface area contributed by atoms with E-state index in [4.69, 9.17) is 5.14 Å². The van der Waals surface area contributed by atoms with Gasteiger partial charge >= 0.3 is 0 Å². The van der Waals surface area contributed by atoms with Crippen LogP contribution in [0.4, 0.5) is 4.39 Å². The smallest absolute Gasteiger partial charge is 0.225 e. The minimum absolute atomic E-state index is 0.0408. The van der Waals surface area contributed by atoms with E-state index in [2.05, 4.69) is 31.9 Å². The maximum absolute atomic E-state index is 12.8. The van der Waals surface area contributed by atoms with Crippen LogP contribution in [-0.2, 0) is 10.0 Å². The van der Waals surface area contributed by atoms with Crippen molar-refractivity contribution in [3.05, 3.63) is 26.9 Å². The summed E-state index contributed by atoms with van der Waals surface area (Å²) in [5.41, 5.74) is 0. The molecule has 0 aromatic heterocycles. The van der Waals surface area contributed by atoms with Crippen LogP contribution < -0.4 is 5.14 Å². The Morgan fingerprint density at radius 2 is 1.77 bits per heavy atom. The van der Waals surface area contributed by atoms with Crippen molar-refractivity contribution in [2.75, 3.05) is 0 Å². The van der Waals surface area contributed by atoms with E-state index in [9.17, 15) is 12.8 Å². The molecule has 0 amide bonds. The fraction of sp³-hybridized carbons (Fsp3) is 0. The van der Waals surface area contributed by atoms with Crippen molar-refractivity contribution in [3.8, 4) is 0 Å². The van der Waals surface area contributed by atoms with E-state index in [0.717, 1.165) is 12.1 Å². The molecule has 13 heavy (non-hydrogen) atoms. The van der Waals surface area contributed by atoms with Gasteiger partial charge in [0.25, 0.3) is 0 Å². The minimum Gasteiger partial charge on any atom is -0.225 e. The van der Waals surface area contributed by atoms with Crippen molar-refractivity contribution in [3.63, 3.8) is 0 Å². The first-order valence-corrected chi connectivity index (χ1v) is 6.13. The summed E-state index contributed by atoms with van der Waals surface area (Å²) in [4.78, 5) is -0.152. The number of rotatable bonds is 1. The van der Waals surface area contributed by atoms with Crippen LogP contribution in [0.15, 0.2) is 26.0 Å². The van der Waals surface area contributed by atoms with Gasteiger partial charge in [0.05, 0.1) is 13.8 Å². The van der Waals surface area contributed by atoms with E-state index in [1.165, 1.54) is 0 Å². The van der Waals surface area contributed by atoms with Gasteiger partial charge in [0, 0.05) is 0 Å². The van der Waals surface area contributed by atoms with E-state index in [1.807, 2.05) is 0 Å². The number of benzene rings is 1. The molecule has 72 valence electrons. The highest BCUT2D eigenvalue weighted by atomic mass is 79.9. The first-order chi connectivity index (χ1) is 5.84. The Balaban J connectivity index is 3.53. The van der Waals surface area contributed by atoms with Crippen LogP contribution in [0.3, 0.4) is 0 Å². The van der Waals surface area contributed by atoms with Gasteiger partial charge in [-0.25, -0.2) is 17.9 Å². The lowest BCUT2D eigenvalue weighted by Gasteiger charge is -2.03. The fourth-order valence-corrected chi connectivity index (χ4v) is 2.81. The molecule has 0 bridgehead atoms. The molecule has 0 atom stereocenters. The van der Waals surface area contributed by atoms with Gasteiger partial charge in [-0.15, -0.1) is 0 Å². The summed E-state index contributed by atoms with van der Waals surface area (Å²) < 4.78 is 34.8. The normalized spacial score (nSPS) is 11.7. The quantitative estimate of drug-likeness (QED) is 0.799. The first kappa shape index (κ1) is 11.1. The molecule has 1 aromatic rings. The summed E-state index contributed by atoms with van der Waals surface area (Å²) in [6.07, 6.45) is 0. The minimum atomic E-state index is -3.82. The number of nitrogens with two attached hydrogens (primary N) is 1. The molecule has 0 spiro atoms. The Morgan fingerprint density at radius 3 is 2.23 bits per heavy atom. The number of primary sulfonamides is 1. The van der Waals surface area contributed by atoms with Crippen molar-refractivity contribution in [1.82, 2.24) is 0 Å². The van der Waals surface area contributed by atoms with E-state index in [0.29, 0.717) is 0 Å². The molecule has 0 unspecified atom stereocenters. The maximum Gasteiger partial charge on any atom is 0.239 e. The summed E-state index contributed by atoms with van der Waals surface area (Å²) in [5.74, 6) is -0.556. The number of sulfonamides is 1. The van der Waals surface area contributed by atoms with E-state index < -0.39 is 15.8 Å². The standard InChI is InChI=1S/C6H4Br2FNO2S/c7-5-3(9)1-2-4(6(5)8)13(10,11)12/h1-2H,(H2,10,11,12). The van der Waals surface area contributed by atoms with Gasteiger partial charge in [0.1, 0.15) is 5.82 Å². The number of hydrogen-bond acceptors (Lipinski definition) is 2. The highest BCUT2D eigenvalue weighted by Crippen LogP contribution is 2.31. The molecule has 2 N–H and O–H groups in total. The van der Waals surface area contributed by atoms with E-state index in [1.54, 1.807) is 0 Å². The van der Waals surface area contributed by atoms with Gasteiger partial charge in [-0.2, -0.15) is 0 Å². The van der Waals surface area contributed by atoms with Gasteiger partial charge in [-0.1, -0.05) is 0 Å². The van der Waals surface area contributed by atoms with Gasteiger partial charge in [0.2, 0.25) is 10.0 Å². The molecular weight excluding hydrogens is 329 g/mol. The average molecular weight is 333 g/mol. The van der Waals surface area contributed by atoms with Crippen LogP contribution in [-0.4, -0.2) is 8.42 Å². The Morgan fingerprint density at radius 1 is 1.23 bits per heavy atom. The second kappa shape index (κ2) is 3.64. The topological polar surface area (TPSA) is 60.2 Å². The van der Waals surface area contributed by atoms with Crippen molar-refractivity contribution in [2.45, 2.75) is 4.90 Å². The monoisotopic (exact) mass is 331 g/mol. The molecule has 1 rings (SSSR count). The maximum atomic E-state index is 12.8. The van der Waals surface area contributed by atoms with Gasteiger partial charge < -0.3 is 0 Å². The molecule has 0 heterocycles. The van der Waals surface area contributed by atoms with Crippen LogP contribution in [0.25, 0.3) is 0 Å². The molecule has 0 saturated carbocycles. The molecule has 0 saturated heterocycles. The van der Waals surface area contributed by atoms with E-state index in [-0.39, 0.29) is 13.8 Å². The Hall–Kier alpha value is 0.0200. The van der Waals surface area contributed by atoms with Crippen molar-refractivity contribution < 1.29 is 12.8 Å². The molecule has 0 aliphatic carbocycles. The second-order valence-corrected chi connectivity index (χ2v) is 5.33. The fourth-order valence-electron chi connectivity index (χ4n) is 0.728. The summed E-state index contributed by atoms with van der Waals surface area (Å²) in [5, 5.41) is 4.88. The molecule has 0 fully saturated rings. The average Bonchev–Trinajstić information content (AvgIpc) is 1.98. The number of halogens is 3. The lowest BCUT2D eigenvalue weighted by Crippen LogP contribution is -2.13. The lowest BCUT2D eigenvalue weighted by atomic mass is 10.3. The largest absolute Gasteiger partial charge is 0.239 e. The van der Waals surface area contributed by atoms with Crippen molar-refractivity contribution >= 4 is 41.9 Å². The summed E-state index contributed by atoms with van der Waals surface area (Å²) in [6.45, 7) is 0. The highest BCUT2D eigenvalue weighted by molar-refractivity contribution is 9.13. The molecular formula is C6H4Br2FNO2S. The molecule has 0 aliphatic heterocycles. The van der Waals surface area contributed by atoms with Crippen LogP contribution in [0.5, 0.6) is 0 Å². The van der Waals surface area contributed by atoms with Gasteiger partial charge in [0.15, 0.2) is 0 Å². The van der Waals surface area contributed by atoms with Crippen LogP contribution >= 0.6 is 31.9 Å². The predicted octanol–water partition coefficient (Wildman–Crippen LogP) is 2.00. The third kappa shape index (κ3) is 2.28. The lowest BCUT2D eigenvalue weighted by molar-refractivity contribution is 0.594. The zero-order valence-electron chi connectivity index (χ0n) is 6.09. The summed E-state index contributed by atoms with van der Waals surface area (Å²) in [6, 6.07) is 2.12.